The lowest BCUT2D eigenvalue weighted by Crippen LogP contribution is -2.22. The lowest BCUT2D eigenvalue weighted by Gasteiger charge is -2.21. The summed E-state index contributed by atoms with van der Waals surface area (Å²) in [5.74, 6) is -0.266. The fourth-order valence-corrected chi connectivity index (χ4v) is 3.72. The van der Waals surface area contributed by atoms with E-state index < -0.39 is 21.4 Å². The van der Waals surface area contributed by atoms with Crippen LogP contribution >= 0.6 is 23.2 Å². The number of rotatable bonds is 4. The van der Waals surface area contributed by atoms with Crippen LogP contribution in [-0.4, -0.2) is 26.2 Å². The van der Waals surface area contributed by atoms with Gasteiger partial charge in [0.2, 0.25) is 5.76 Å². The van der Waals surface area contributed by atoms with E-state index in [2.05, 4.69) is 0 Å². The van der Waals surface area contributed by atoms with Gasteiger partial charge in [-0.2, -0.15) is 0 Å². The zero-order valence-corrected chi connectivity index (χ0v) is 17.1. The molecule has 1 aliphatic rings. The molecular formula is C19H16Cl2O5S. The molecule has 0 aromatic heterocycles. The number of sulfone groups is 1. The molecular weight excluding hydrogens is 411 g/mol. The number of cyclic esters (lactones) is 1. The molecule has 142 valence electrons. The van der Waals surface area contributed by atoms with Crippen molar-refractivity contribution >= 4 is 44.6 Å². The second-order valence-electron chi connectivity index (χ2n) is 6.58. The predicted octanol–water partition coefficient (Wildman–Crippen LogP) is 4.52. The summed E-state index contributed by atoms with van der Waals surface area (Å²) in [5, 5.41) is 0.656. The highest BCUT2D eigenvalue weighted by Gasteiger charge is 2.43. The average molecular weight is 427 g/mol. The molecule has 3 rings (SSSR count). The van der Waals surface area contributed by atoms with Crippen molar-refractivity contribution in [2.24, 2.45) is 0 Å². The number of hydrogen-bond donors (Lipinski definition) is 0. The fourth-order valence-electron chi connectivity index (χ4n) is 2.80. The predicted molar refractivity (Wildman–Crippen MR) is 104 cm³/mol. The van der Waals surface area contributed by atoms with Gasteiger partial charge in [-0.15, -0.1) is 0 Å². The summed E-state index contributed by atoms with van der Waals surface area (Å²) in [6.07, 6.45) is 1.13. The minimum atomic E-state index is -3.33. The lowest BCUT2D eigenvalue weighted by molar-refractivity contribution is -0.145. The van der Waals surface area contributed by atoms with Crippen LogP contribution in [0.15, 0.2) is 53.1 Å². The van der Waals surface area contributed by atoms with Gasteiger partial charge in [-0.1, -0.05) is 35.3 Å². The van der Waals surface area contributed by atoms with Crippen LogP contribution in [0.25, 0.3) is 5.57 Å². The van der Waals surface area contributed by atoms with Crippen molar-refractivity contribution in [3.63, 3.8) is 0 Å². The summed E-state index contributed by atoms with van der Waals surface area (Å²) in [6.45, 7) is 3.46. The number of carbonyl (C=O) groups excluding carboxylic acids is 1. The molecule has 2 aromatic rings. The minimum Gasteiger partial charge on any atom is -0.449 e. The van der Waals surface area contributed by atoms with Crippen LogP contribution in [0.2, 0.25) is 10.0 Å². The molecule has 1 heterocycles. The van der Waals surface area contributed by atoms with Gasteiger partial charge in [-0.05, 0) is 43.7 Å². The molecule has 0 spiro atoms. The van der Waals surface area contributed by atoms with Gasteiger partial charge in [0, 0.05) is 12.3 Å². The summed E-state index contributed by atoms with van der Waals surface area (Å²) in [7, 11) is -3.33. The normalized spacial score (nSPS) is 16.4. The van der Waals surface area contributed by atoms with E-state index in [1.165, 1.54) is 18.2 Å². The van der Waals surface area contributed by atoms with Crippen LogP contribution in [0.1, 0.15) is 19.4 Å². The average Bonchev–Trinajstić information content (AvgIpc) is 2.78. The molecule has 0 saturated heterocycles. The van der Waals surface area contributed by atoms with Crippen molar-refractivity contribution < 1.29 is 22.7 Å². The molecule has 0 saturated carbocycles. The highest BCUT2D eigenvalue weighted by molar-refractivity contribution is 7.90. The highest BCUT2D eigenvalue weighted by atomic mass is 35.5. The molecule has 0 atom stereocenters. The Kier molecular flexibility index (Phi) is 5.01. The Balaban J connectivity index is 2.08. The van der Waals surface area contributed by atoms with E-state index in [0.717, 1.165) is 6.26 Å². The van der Waals surface area contributed by atoms with E-state index >= 15 is 0 Å². The number of carbonyl (C=O) groups is 1. The van der Waals surface area contributed by atoms with Crippen molar-refractivity contribution in [3.05, 3.63) is 63.8 Å². The van der Waals surface area contributed by atoms with Crippen molar-refractivity contribution in [1.29, 1.82) is 0 Å². The Morgan fingerprint density at radius 2 is 1.63 bits per heavy atom. The molecule has 0 bridgehead atoms. The second-order valence-corrected chi connectivity index (χ2v) is 9.41. The number of benzene rings is 2. The van der Waals surface area contributed by atoms with Gasteiger partial charge in [0.15, 0.2) is 9.84 Å². The van der Waals surface area contributed by atoms with Gasteiger partial charge in [-0.25, -0.2) is 13.2 Å². The van der Waals surface area contributed by atoms with Crippen LogP contribution in [0.4, 0.5) is 0 Å². The second kappa shape index (κ2) is 6.86. The zero-order valence-electron chi connectivity index (χ0n) is 14.7. The molecule has 27 heavy (non-hydrogen) atoms. The Bertz CT molecular complexity index is 1050. The first kappa shape index (κ1) is 19.7. The van der Waals surface area contributed by atoms with Gasteiger partial charge < -0.3 is 9.47 Å². The van der Waals surface area contributed by atoms with E-state index in [0.29, 0.717) is 26.9 Å². The van der Waals surface area contributed by atoms with Crippen LogP contribution < -0.4 is 4.74 Å². The summed E-state index contributed by atoms with van der Waals surface area (Å²) in [6, 6.07) is 10.8. The number of halogens is 2. The van der Waals surface area contributed by atoms with E-state index in [-0.39, 0.29) is 10.7 Å². The molecule has 0 fully saturated rings. The third-order valence-corrected chi connectivity index (χ3v) is 5.91. The Morgan fingerprint density at radius 3 is 2.19 bits per heavy atom. The van der Waals surface area contributed by atoms with E-state index in [4.69, 9.17) is 32.7 Å². The Hall–Kier alpha value is -2.02. The third-order valence-electron chi connectivity index (χ3n) is 4.04. The summed E-state index contributed by atoms with van der Waals surface area (Å²) < 4.78 is 34.5. The minimum absolute atomic E-state index is 0.0190. The Labute approximate surface area is 167 Å². The number of ether oxygens (including phenoxy) is 2. The largest absolute Gasteiger partial charge is 0.449 e. The van der Waals surface area contributed by atoms with E-state index in [1.807, 2.05) is 0 Å². The lowest BCUT2D eigenvalue weighted by atomic mass is 9.92. The molecule has 5 nitrogen and oxygen atoms in total. The zero-order chi connectivity index (χ0) is 20.0. The van der Waals surface area contributed by atoms with Crippen molar-refractivity contribution in [1.82, 2.24) is 0 Å². The maximum atomic E-state index is 12.4. The van der Waals surface area contributed by atoms with Crippen LogP contribution in [-0.2, 0) is 19.4 Å². The molecule has 0 amide bonds. The van der Waals surface area contributed by atoms with Crippen molar-refractivity contribution in [3.8, 4) is 5.75 Å². The van der Waals surface area contributed by atoms with Crippen LogP contribution in [0.5, 0.6) is 5.75 Å². The van der Waals surface area contributed by atoms with Crippen molar-refractivity contribution in [2.45, 2.75) is 24.3 Å². The van der Waals surface area contributed by atoms with Crippen LogP contribution in [0.3, 0.4) is 0 Å². The fraction of sp³-hybridized carbons (Fsp3) is 0.211. The molecule has 0 aliphatic carbocycles. The van der Waals surface area contributed by atoms with Crippen LogP contribution in [0, 0.1) is 0 Å². The summed E-state index contributed by atoms with van der Waals surface area (Å²) in [4.78, 5) is 12.6. The SMILES string of the molecule is CC1(C)OC(=O)C(Oc2ccc(Cl)c(Cl)c2)=C1c1ccc(S(C)(=O)=O)cc1. The molecule has 1 aliphatic heterocycles. The maximum Gasteiger partial charge on any atom is 0.375 e. The van der Waals surface area contributed by atoms with Crippen molar-refractivity contribution in [2.75, 3.05) is 6.26 Å². The first-order valence-corrected chi connectivity index (χ1v) is 10.6. The molecule has 0 N–H and O–H groups in total. The highest BCUT2D eigenvalue weighted by Crippen LogP contribution is 2.41. The smallest absolute Gasteiger partial charge is 0.375 e. The standard InChI is InChI=1S/C19H16Cl2O5S/c1-19(2)16(11-4-7-13(8-5-11)27(3,23)24)17(18(22)26-19)25-12-6-9-14(20)15(21)10-12/h4-10H,1-3H3. The third kappa shape index (κ3) is 3.98. The van der Waals surface area contributed by atoms with Gasteiger partial charge in [0.25, 0.3) is 0 Å². The van der Waals surface area contributed by atoms with Gasteiger partial charge in [0.05, 0.1) is 20.5 Å². The topological polar surface area (TPSA) is 69.7 Å². The first-order chi connectivity index (χ1) is 12.5. The summed E-state index contributed by atoms with van der Waals surface area (Å²) in [5.41, 5.74) is 0.182. The number of esters is 1. The number of hydrogen-bond acceptors (Lipinski definition) is 5. The summed E-state index contributed by atoms with van der Waals surface area (Å²) >= 11 is 11.9. The molecule has 2 aromatic carbocycles. The van der Waals surface area contributed by atoms with Gasteiger partial charge >= 0.3 is 5.97 Å². The molecule has 0 unspecified atom stereocenters. The monoisotopic (exact) mass is 426 g/mol. The first-order valence-electron chi connectivity index (χ1n) is 7.90. The van der Waals surface area contributed by atoms with Gasteiger partial charge in [0.1, 0.15) is 11.4 Å². The Morgan fingerprint density at radius 1 is 1.00 bits per heavy atom. The van der Waals surface area contributed by atoms with Gasteiger partial charge in [-0.3, -0.25) is 0 Å². The molecule has 8 heteroatoms. The van der Waals surface area contributed by atoms with E-state index in [1.54, 1.807) is 38.1 Å². The van der Waals surface area contributed by atoms with E-state index in [9.17, 15) is 13.2 Å². The maximum absolute atomic E-state index is 12.4. The quantitative estimate of drug-likeness (QED) is 0.671. The molecule has 0 radical (unpaired) electrons.